The monoisotopic (exact) mass is 327 g/mol. The Morgan fingerprint density at radius 2 is 2.04 bits per heavy atom. The predicted octanol–water partition coefficient (Wildman–Crippen LogP) is 1.31. The SMILES string of the molecule is O=C(NCCO)c1cccc(-c2ccc(N3CCOCC3)nc2)c1. The number of benzene rings is 1. The van der Waals surface area contributed by atoms with Gasteiger partial charge in [-0.25, -0.2) is 4.98 Å². The zero-order chi connectivity index (χ0) is 16.8. The number of rotatable bonds is 5. The van der Waals surface area contributed by atoms with Crippen LogP contribution in [-0.4, -0.2) is 55.5 Å². The van der Waals surface area contributed by atoms with Crippen molar-refractivity contribution in [3.05, 3.63) is 48.2 Å². The third kappa shape index (κ3) is 3.90. The number of ether oxygens (including phenoxy) is 1. The van der Waals surface area contributed by atoms with Gasteiger partial charge in [0.1, 0.15) is 5.82 Å². The molecule has 24 heavy (non-hydrogen) atoms. The number of aromatic nitrogens is 1. The van der Waals surface area contributed by atoms with Crippen molar-refractivity contribution >= 4 is 11.7 Å². The third-order valence-electron chi connectivity index (χ3n) is 3.94. The molecule has 1 aliphatic rings. The lowest BCUT2D eigenvalue weighted by Crippen LogP contribution is -2.36. The lowest BCUT2D eigenvalue weighted by molar-refractivity contribution is 0.0945. The fourth-order valence-corrected chi connectivity index (χ4v) is 2.65. The maximum Gasteiger partial charge on any atom is 0.251 e. The molecular weight excluding hydrogens is 306 g/mol. The van der Waals surface area contributed by atoms with Crippen LogP contribution in [-0.2, 0) is 4.74 Å². The summed E-state index contributed by atoms with van der Waals surface area (Å²) in [6.45, 7) is 3.35. The van der Waals surface area contributed by atoms with Gasteiger partial charge in [0, 0.05) is 37.0 Å². The summed E-state index contributed by atoms with van der Waals surface area (Å²) in [6, 6.07) is 11.4. The highest BCUT2D eigenvalue weighted by Gasteiger charge is 2.12. The summed E-state index contributed by atoms with van der Waals surface area (Å²) < 4.78 is 5.35. The molecule has 0 spiro atoms. The highest BCUT2D eigenvalue weighted by atomic mass is 16.5. The van der Waals surface area contributed by atoms with Crippen LogP contribution < -0.4 is 10.2 Å². The molecule has 1 aromatic heterocycles. The van der Waals surface area contributed by atoms with E-state index in [1.54, 1.807) is 6.07 Å². The highest BCUT2D eigenvalue weighted by Crippen LogP contribution is 2.22. The second-order valence-corrected chi connectivity index (χ2v) is 5.56. The predicted molar refractivity (Wildman–Crippen MR) is 92.1 cm³/mol. The summed E-state index contributed by atoms with van der Waals surface area (Å²) in [5.74, 6) is 0.752. The van der Waals surface area contributed by atoms with Crippen molar-refractivity contribution in [1.82, 2.24) is 10.3 Å². The van der Waals surface area contributed by atoms with Crippen LogP contribution in [0.2, 0.25) is 0 Å². The van der Waals surface area contributed by atoms with Crippen LogP contribution in [0.15, 0.2) is 42.6 Å². The second-order valence-electron chi connectivity index (χ2n) is 5.56. The third-order valence-corrected chi connectivity index (χ3v) is 3.94. The Morgan fingerprint density at radius 3 is 2.75 bits per heavy atom. The number of aliphatic hydroxyl groups is 1. The maximum absolute atomic E-state index is 12.0. The lowest BCUT2D eigenvalue weighted by atomic mass is 10.0. The Balaban J connectivity index is 1.75. The van der Waals surface area contributed by atoms with E-state index in [4.69, 9.17) is 9.84 Å². The average molecular weight is 327 g/mol. The van der Waals surface area contributed by atoms with Gasteiger partial charge in [0.2, 0.25) is 0 Å². The van der Waals surface area contributed by atoms with E-state index < -0.39 is 0 Å². The second kappa shape index (κ2) is 7.90. The van der Waals surface area contributed by atoms with Crippen LogP contribution in [0.25, 0.3) is 11.1 Å². The first-order chi connectivity index (χ1) is 11.8. The molecule has 1 aromatic carbocycles. The summed E-state index contributed by atoms with van der Waals surface area (Å²) in [4.78, 5) is 18.7. The molecule has 2 aromatic rings. The molecule has 0 unspecified atom stereocenters. The Morgan fingerprint density at radius 1 is 1.21 bits per heavy atom. The average Bonchev–Trinajstić information content (AvgIpc) is 2.67. The largest absolute Gasteiger partial charge is 0.395 e. The number of nitrogens with one attached hydrogen (secondary N) is 1. The van der Waals surface area contributed by atoms with E-state index in [1.807, 2.05) is 36.5 Å². The quantitative estimate of drug-likeness (QED) is 0.866. The molecule has 1 aliphatic heterocycles. The highest BCUT2D eigenvalue weighted by molar-refractivity contribution is 5.95. The first-order valence-electron chi connectivity index (χ1n) is 8.06. The number of anilines is 1. The number of hydrogen-bond donors (Lipinski definition) is 2. The van der Waals surface area contributed by atoms with Gasteiger partial charge < -0.3 is 20.1 Å². The van der Waals surface area contributed by atoms with E-state index in [0.29, 0.717) is 5.56 Å². The molecule has 6 heteroatoms. The molecule has 1 amide bonds. The van der Waals surface area contributed by atoms with Crippen molar-refractivity contribution in [2.45, 2.75) is 0 Å². The minimum atomic E-state index is -0.191. The summed E-state index contributed by atoms with van der Waals surface area (Å²) >= 11 is 0. The molecule has 0 radical (unpaired) electrons. The van der Waals surface area contributed by atoms with E-state index in [9.17, 15) is 4.79 Å². The van der Waals surface area contributed by atoms with E-state index in [2.05, 4.69) is 15.2 Å². The normalized spacial score (nSPS) is 14.5. The van der Waals surface area contributed by atoms with Gasteiger partial charge in [-0.05, 0) is 29.8 Å². The summed E-state index contributed by atoms with van der Waals surface area (Å²) in [5.41, 5.74) is 2.47. The number of morpholine rings is 1. The van der Waals surface area contributed by atoms with Gasteiger partial charge in [-0.2, -0.15) is 0 Å². The zero-order valence-corrected chi connectivity index (χ0v) is 13.4. The van der Waals surface area contributed by atoms with Crippen molar-refractivity contribution in [2.75, 3.05) is 44.4 Å². The van der Waals surface area contributed by atoms with Gasteiger partial charge in [-0.15, -0.1) is 0 Å². The molecule has 126 valence electrons. The number of carbonyl (C=O) groups excluding carboxylic acids is 1. The van der Waals surface area contributed by atoms with E-state index in [-0.39, 0.29) is 19.1 Å². The molecule has 2 heterocycles. The summed E-state index contributed by atoms with van der Waals surface area (Å²) in [7, 11) is 0. The van der Waals surface area contributed by atoms with Crippen LogP contribution in [0.5, 0.6) is 0 Å². The van der Waals surface area contributed by atoms with Crippen LogP contribution in [0, 0.1) is 0 Å². The van der Waals surface area contributed by atoms with Gasteiger partial charge in [0.05, 0.1) is 19.8 Å². The van der Waals surface area contributed by atoms with Gasteiger partial charge >= 0.3 is 0 Å². The Bertz CT molecular complexity index is 682. The summed E-state index contributed by atoms with van der Waals surface area (Å²) in [6.07, 6.45) is 1.83. The fraction of sp³-hybridized carbons (Fsp3) is 0.333. The lowest BCUT2D eigenvalue weighted by Gasteiger charge is -2.27. The number of aliphatic hydroxyl groups excluding tert-OH is 1. The molecule has 1 fully saturated rings. The van der Waals surface area contributed by atoms with Crippen molar-refractivity contribution in [1.29, 1.82) is 0 Å². The minimum Gasteiger partial charge on any atom is -0.395 e. The van der Waals surface area contributed by atoms with Crippen molar-refractivity contribution in [2.24, 2.45) is 0 Å². The van der Waals surface area contributed by atoms with E-state index in [0.717, 1.165) is 43.2 Å². The zero-order valence-electron chi connectivity index (χ0n) is 13.4. The molecular formula is C18H21N3O3. The van der Waals surface area contributed by atoms with Crippen LogP contribution in [0.3, 0.4) is 0 Å². The number of carbonyl (C=O) groups is 1. The van der Waals surface area contributed by atoms with Crippen LogP contribution in [0.1, 0.15) is 10.4 Å². The van der Waals surface area contributed by atoms with Crippen molar-refractivity contribution in [3.8, 4) is 11.1 Å². The van der Waals surface area contributed by atoms with E-state index in [1.165, 1.54) is 0 Å². The van der Waals surface area contributed by atoms with Crippen molar-refractivity contribution in [3.63, 3.8) is 0 Å². The molecule has 6 nitrogen and oxygen atoms in total. The number of pyridine rings is 1. The number of nitrogens with zero attached hydrogens (tertiary/aromatic N) is 2. The van der Waals surface area contributed by atoms with Crippen LogP contribution in [0.4, 0.5) is 5.82 Å². The maximum atomic E-state index is 12.0. The molecule has 3 rings (SSSR count). The molecule has 0 aliphatic carbocycles. The fourth-order valence-electron chi connectivity index (χ4n) is 2.65. The van der Waals surface area contributed by atoms with Gasteiger partial charge in [0.15, 0.2) is 0 Å². The Labute approximate surface area is 141 Å². The molecule has 0 atom stereocenters. The van der Waals surface area contributed by atoms with Crippen molar-refractivity contribution < 1.29 is 14.6 Å². The summed E-state index contributed by atoms with van der Waals surface area (Å²) in [5, 5.41) is 11.4. The van der Waals surface area contributed by atoms with Gasteiger partial charge in [-0.3, -0.25) is 4.79 Å². The number of hydrogen-bond acceptors (Lipinski definition) is 5. The molecule has 2 N–H and O–H groups in total. The smallest absolute Gasteiger partial charge is 0.251 e. The number of amides is 1. The standard InChI is InChI=1S/C18H21N3O3/c22-9-6-19-18(23)15-3-1-2-14(12-15)16-4-5-17(20-13-16)21-7-10-24-11-8-21/h1-5,12-13,22H,6-11H2,(H,19,23). The first-order valence-corrected chi connectivity index (χ1v) is 8.06. The molecule has 1 saturated heterocycles. The molecule has 0 saturated carbocycles. The Hall–Kier alpha value is -2.44. The Kier molecular flexibility index (Phi) is 5.40. The van der Waals surface area contributed by atoms with Crippen LogP contribution >= 0.6 is 0 Å². The van der Waals surface area contributed by atoms with Gasteiger partial charge in [-0.1, -0.05) is 12.1 Å². The van der Waals surface area contributed by atoms with Gasteiger partial charge in [0.25, 0.3) is 5.91 Å². The minimum absolute atomic E-state index is 0.0711. The molecule has 0 bridgehead atoms. The topological polar surface area (TPSA) is 74.7 Å². The first kappa shape index (κ1) is 16.4. The van der Waals surface area contributed by atoms with E-state index >= 15 is 0 Å².